The van der Waals surface area contributed by atoms with Gasteiger partial charge in [-0.2, -0.15) is 0 Å². The van der Waals surface area contributed by atoms with Gasteiger partial charge in [0.05, 0.1) is 18.2 Å². The molecule has 2 rings (SSSR count). The van der Waals surface area contributed by atoms with E-state index in [-0.39, 0.29) is 18.4 Å². The molecule has 3 amide bonds. The fraction of sp³-hybridized carbons (Fsp3) is 0.609. The second-order valence-corrected chi connectivity index (χ2v) is 9.27. The van der Waals surface area contributed by atoms with Crippen molar-refractivity contribution in [3.8, 4) is 5.75 Å². The molecule has 0 saturated carbocycles. The van der Waals surface area contributed by atoms with Gasteiger partial charge in [-0.3, -0.25) is 9.59 Å². The standard InChI is InChI=1S/C23H34ClN3O5/c1-23(2,3)32-22(30)26-16-20(28)25-15-17-10-12-27(13-11-17)21(29)9-6-14-31-19-8-5-4-7-18(19)24/h4-5,7-8,17H,6,9-16H2,1-3H3,(H,25,28)(H,26,30). The quantitative estimate of drug-likeness (QED) is 0.542. The second kappa shape index (κ2) is 12.5. The molecule has 32 heavy (non-hydrogen) atoms. The van der Waals surface area contributed by atoms with Gasteiger partial charge < -0.3 is 25.0 Å². The van der Waals surface area contributed by atoms with E-state index < -0.39 is 11.7 Å². The van der Waals surface area contributed by atoms with Crippen LogP contribution in [0, 0.1) is 5.92 Å². The van der Waals surface area contributed by atoms with Crippen LogP contribution in [0.5, 0.6) is 5.75 Å². The first-order valence-electron chi connectivity index (χ1n) is 11.0. The molecule has 0 bridgehead atoms. The van der Waals surface area contributed by atoms with E-state index in [1.54, 1.807) is 32.9 Å². The average molecular weight is 468 g/mol. The van der Waals surface area contributed by atoms with Gasteiger partial charge in [0.25, 0.3) is 0 Å². The van der Waals surface area contributed by atoms with E-state index in [1.165, 1.54) is 0 Å². The summed E-state index contributed by atoms with van der Waals surface area (Å²) in [5.74, 6) is 0.809. The van der Waals surface area contributed by atoms with Crippen LogP contribution in [-0.4, -0.2) is 61.2 Å². The number of carbonyl (C=O) groups excluding carboxylic acids is 3. The Balaban J connectivity index is 1.56. The molecular formula is C23H34ClN3O5. The highest BCUT2D eigenvalue weighted by Gasteiger charge is 2.23. The van der Waals surface area contributed by atoms with Crippen molar-refractivity contribution in [2.24, 2.45) is 5.92 Å². The summed E-state index contributed by atoms with van der Waals surface area (Å²) in [6, 6.07) is 7.28. The van der Waals surface area contributed by atoms with Crippen molar-refractivity contribution in [2.45, 2.75) is 52.1 Å². The molecule has 1 aromatic rings. The highest BCUT2D eigenvalue weighted by Crippen LogP contribution is 2.23. The summed E-state index contributed by atoms with van der Waals surface area (Å²) in [6.45, 7) is 7.50. The van der Waals surface area contributed by atoms with Gasteiger partial charge in [-0.25, -0.2) is 4.79 Å². The molecule has 1 heterocycles. The molecule has 178 valence electrons. The Morgan fingerprint density at radius 1 is 1.12 bits per heavy atom. The number of hydrogen-bond donors (Lipinski definition) is 2. The molecule has 0 aromatic heterocycles. The molecule has 1 aromatic carbocycles. The minimum atomic E-state index is -0.614. The number of carbonyl (C=O) groups is 3. The zero-order chi connectivity index (χ0) is 23.6. The Bertz CT molecular complexity index is 773. The van der Waals surface area contributed by atoms with E-state index in [2.05, 4.69) is 10.6 Å². The number of amides is 3. The summed E-state index contributed by atoms with van der Waals surface area (Å²) in [5, 5.41) is 5.84. The Kier molecular flexibility index (Phi) is 10.1. The van der Waals surface area contributed by atoms with Crippen LogP contribution >= 0.6 is 11.6 Å². The number of piperidine rings is 1. The summed E-state index contributed by atoms with van der Waals surface area (Å²) >= 11 is 6.05. The minimum absolute atomic E-state index is 0.122. The normalized spacial score (nSPS) is 14.6. The largest absolute Gasteiger partial charge is 0.492 e. The van der Waals surface area contributed by atoms with Crippen molar-refractivity contribution in [2.75, 3.05) is 32.8 Å². The van der Waals surface area contributed by atoms with Crippen molar-refractivity contribution >= 4 is 29.5 Å². The van der Waals surface area contributed by atoms with Crippen LogP contribution in [-0.2, 0) is 14.3 Å². The number of nitrogens with one attached hydrogen (secondary N) is 2. The summed E-state index contributed by atoms with van der Waals surface area (Å²) < 4.78 is 10.7. The number of hydrogen-bond acceptors (Lipinski definition) is 5. The number of alkyl carbamates (subject to hydrolysis) is 1. The predicted molar refractivity (Wildman–Crippen MR) is 123 cm³/mol. The van der Waals surface area contributed by atoms with E-state index in [4.69, 9.17) is 21.1 Å². The molecule has 0 radical (unpaired) electrons. The lowest BCUT2D eigenvalue weighted by molar-refractivity contribution is -0.133. The topological polar surface area (TPSA) is 97.0 Å². The molecular weight excluding hydrogens is 434 g/mol. The average Bonchev–Trinajstić information content (AvgIpc) is 2.74. The van der Waals surface area contributed by atoms with Gasteiger partial charge in [-0.05, 0) is 58.1 Å². The molecule has 0 unspecified atom stereocenters. The maximum absolute atomic E-state index is 12.4. The number of benzene rings is 1. The lowest BCUT2D eigenvalue weighted by Crippen LogP contribution is -2.44. The van der Waals surface area contributed by atoms with Gasteiger partial charge >= 0.3 is 6.09 Å². The van der Waals surface area contributed by atoms with Crippen LogP contribution in [0.4, 0.5) is 4.79 Å². The number of likely N-dealkylation sites (tertiary alicyclic amines) is 1. The highest BCUT2D eigenvalue weighted by molar-refractivity contribution is 6.32. The number of para-hydroxylation sites is 1. The van der Waals surface area contributed by atoms with E-state index in [0.29, 0.717) is 55.8 Å². The van der Waals surface area contributed by atoms with E-state index in [9.17, 15) is 14.4 Å². The molecule has 1 saturated heterocycles. The third-order valence-electron chi connectivity index (χ3n) is 4.98. The molecule has 0 atom stereocenters. The van der Waals surface area contributed by atoms with Crippen LogP contribution in [0.1, 0.15) is 46.5 Å². The van der Waals surface area contributed by atoms with Crippen LogP contribution in [0.3, 0.4) is 0 Å². The molecule has 1 fully saturated rings. The van der Waals surface area contributed by atoms with Crippen LogP contribution in [0.25, 0.3) is 0 Å². The van der Waals surface area contributed by atoms with Crippen LogP contribution < -0.4 is 15.4 Å². The van der Waals surface area contributed by atoms with Crippen molar-refractivity contribution in [3.05, 3.63) is 29.3 Å². The molecule has 1 aliphatic rings. The zero-order valence-electron chi connectivity index (χ0n) is 19.1. The predicted octanol–water partition coefficient (Wildman–Crippen LogP) is 3.38. The van der Waals surface area contributed by atoms with Gasteiger partial charge in [0, 0.05) is 26.1 Å². The first-order valence-corrected chi connectivity index (χ1v) is 11.4. The monoisotopic (exact) mass is 467 g/mol. The first-order chi connectivity index (χ1) is 15.1. The summed E-state index contributed by atoms with van der Waals surface area (Å²) in [6.07, 6.45) is 2.12. The Labute approximate surface area is 195 Å². The highest BCUT2D eigenvalue weighted by atomic mass is 35.5. The van der Waals surface area contributed by atoms with Crippen molar-refractivity contribution in [3.63, 3.8) is 0 Å². The molecule has 0 aliphatic carbocycles. The molecule has 0 spiro atoms. The first kappa shape index (κ1) is 25.8. The van der Waals surface area contributed by atoms with Crippen LogP contribution in [0.15, 0.2) is 24.3 Å². The minimum Gasteiger partial charge on any atom is -0.492 e. The Morgan fingerprint density at radius 2 is 1.81 bits per heavy atom. The van der Waals surface area contributed by atoms with Gasteiger partial charge in [0.15, 0.2) is 0 Å². The fourth-order valence-electron chi connectivity index (χ4n) is 3.30. The lowest BCUT2D eigenvalue weighted by atomic mass is 9.96. The molecule has 1 aliphatic heterocycles. The molecule has 9 heteroatoms. The van der Waals surface area contributed by atoms with Crippen LogP contribution in [0.2, 0.25) is 5.02 Å². The Morgan fingerprint density at radius 3 is 2.47 bits per heavy atom. The van der Waals surface area contributed by atoms with Gasteiger partial charge in [0.1, 0.15) is 11.4 Å². The second-order valence-electron chi connectivity index (χ2n) is 8.87. The van der Waals surface area contributed by atoms with Crippen molar-refractivity contribution in [1.29, 1.82) is 0 Å². The third-order valence-corrected chi connectivity index (χ3v) is 5.29. The zero-order valence-corrected chi connectivity index (χ0v) is 19.9. The number of halogens is 1. The Hall–Kier alpha value is -2.48. The third kappa shape index (κ3) is 9.77. The number of ether oxygens (including phenoxy) is 2. The van der Waals surface area contributed by atoms with Crippen molar-refractivity contribution in [1.82, 2.24) is 15.5 Å². The van der Waals surface area contributed by atoms with Crippen molar-refractivity contribution < 1.29 is 23.9 Å². The van der Waals surface area contributed by atoms with Gasteiger partial charge in [-0.1, -0.05) is 23.7 Å². The molecule has 2 N–H and O–H groups in total. The smallest absolute Gasteiger partial charge is 0.408 e. The summed E-state index contributed by atoms with van der Waals surface area (Å²) in [7, 11) is 0. The number of nitrogens with zero attached hydrogens (tertiary/aromatic N) is 1. The van der Waals surface area contributed by atoms with Gasteiger partial charge in [0.2, 0.25) is 11.8 Å². The maximum Gasteiger partial charge on any atom is 0.408 e. The number of rotatable bonds is 9. The van der Waals surface area contributed by atoms with Gasteiger partial charge in [-0.15, -0.1) is 0 Å². The maximum atomic E-state index is 12.4. The summed E-state index contributed by atoms with van der Waals surface area (Å²) in [5.41, 5.74) is -0.603. The SMILES string of the molecule is CC(C)(C)OC(=O)NCC(=O)NCC1CCN(C(=O)CCCOc2ccccc2Cl)CC1. The van der Waals surface area contributed by atoms with E-state index >= 15 is 0 Å². The summed E-state index contributed by atoms with van der Waals surface area (Å²) in [4.78, 5) is 37.8. The van der Waals surface area contributed by atoms with E-state index in [1.807, 2.05) is 17.0 Å². The fourth-order valence-corrected chi connectivity index (χ4v) is 3.49. The van der Waals surface area contributed by atoms with E-state index in [0.717, 1.165) is 12.8 Å². The lowest BCUT2D eigenvalue weighted by Gasteiger charge is -2.32. The molecule has 8 nitrogen and oxygen atoms in total.